The fourth-order valence-electron chi connectivity index (χ4n) is 3.59. The molecule has 0 amide bonds. The number of benzene rings is 1. The van der Waals surface area contributed by atoms with Crippen molar-refractivity contribution in [3.05, 3.63) is 34.9 Å². The number of fused-ring (bicyclic) bond motifs is 2. The SMILES string of the molecule is Cc1ccc(C(=O)C2CC3CCC(C2)N3)cc1C(F)(F)F. The summed E-state index contributed by atoms with van der Waals surface area (Å²) in [7, 11) is 0. The minimum atomic E-state index is -4.41. The van der Waals surface area contributed by atoms with E-state index in [1.807, 2.05) is 0 Å². The number of carbonyl (C=O) groups excluding carboxylic acids is 1. The predicted molar refractivity (Wildman–Crippen MR) is 73.2 cm³/mol. The van der Waals surface area contributed by atoms with Gasteiger partial charge in [0, 0.05) is 23.6 Å². The van der Waals surface area contributed by atoms with Gasteiger partial charge in [0.05, 0.1) is 5.56 Å². The van der Waals surface area contributed by atoms with E-state index in [9.17, 15) is 18.0 Å². The summed E-state index contributed by atoms with van der Waals surface area (Å²) >= 11 is 0. The van der Waals surface area contributed by atoms with Crippen LogP contribution >= 0.6 is 0 Å². The summed E-state index contributed by atoms with van der Waals surface area (Å²) < 4.78 is 38.8. The molecule has 0 radical (unpaired) electrons. The van der Waals surface area contributed by atoms with Gasteiger partial charge in [0.25, 0.3) is 0 Å². The van der Waals surface area contributed by atoms with Gasteiger partial charge in [0.15, 0.2) is 5.78 Å². The molecule has 0 spiro atoms. The third-order valence-corrected chi connectivity index (χ3v) is 4.67. The first-order valence-corrected chi connectivity index (χ1v) is 7.32. The molecule has 0 saturated carbocycles. The van der Waals surface area contributed by atoms with Gasteiger partial charge in [0.2, 0.25) is 0 Å². The topological polar surface area (TPSA) is 29.1 Å². The molecular weight excluding hydrogens is 279 g/mol. The average Bonchev–Trinajstić information content (AvgIpc) is 2.76. The van der Waals surface area contributed by atoms with Crippen molar-refractivity contribution in [2.75, 3.05) is 0 Å². The van der Waals surface area contributed by atoms with E-state index in [1.54, 1.807) is 0 Å². The van der Waals surface area contributed by atoms with E-state index in [2.05, 4.69) is 5.32 Å². The standard InChI is InChI=1S/C16H18F3NO/c1-9-2-3-10(8-14(9)16(17,18)19)15(21)11-6-12-4-5-13(7-11)20-12/h2-3,8,11-13,20H,4-7H2,1H3. The molecule has 3 rings (SSSR count). The molecule has 2 unspecified atom stereocenters. The van der Waals surface area contributed by atoms with Crippen LogP contribution in [-0.4, -0.2) is 17.9 Å². The van der Waals surface area contributed by atoms with Crippen LogP contribution in [0.25, 0.3) is 0 Å². The van der Waals surface area contributed by atoms with Crippen molar-refractivity contribution in [3.8, 4) is 0 Å². The zero-order chi connectivity index (χ0) is 15.2. The minimum absolute atomic E-state index is 0.140. The van der Waals surface area contributed by atoms with E-state index < -0.39 is 11.7 Å². The second-order valence-electron chi connectivity index (χ2n) is 6.20. The first kappa shape index (κ1) is 14.6. The highest BCUT2D eigenvalue weighted by molar-refractivity contribution is 5.98. The van der Waals surface area contributed by atoms with Gasteiger partial charge in [-0.2, -0.15) is 13.2 Å². The Bertz CT molecular complexity index is 555. The Morgan fingerprint density at radius 3 is 2.38 bits per heavy atom. The van der Waals surface area contributed by atoms with Crippen LogP contribution in [0.5, 0.6) is 0 Å². The first-order valence-electron chi connectivity index (χ1n) is 7.32. The lowest BCUT2D eigenvalue weighted by Gasteiger charge is -2.28. The van der Waals surface area contributed by atoms with Gasteiger partial charge >= 0.3 is 6.18 Å². The lowest BCUT2D eigenvalue weighted by atomic mass is 9.85. The monoisotopic (exact) mass is 297 g/mol. The molecule has 2 bridgehead atoms. The fraction of sp³-hybridized carbons (Fsp3) is 0.562. The molecule has 2 saturated heterocycles. The molecule has 1 N–H and O–H groups in total. The number of halogens is 3. The van der Waals surface area contributed by atoms with Crippen LogP contribution in [0, 0.1) is 12.8 Å². The van der Waals surface area contributed by atoms with Crippen LogP contribution < -0.4 is 5.32 Å². The smallest absolute Gasteiger partial charge is 0.311 e. The van der Waals surface area contributed by atoms with Crippen molar-refractivity contribution in [1.29, 1.82) is 0 Å². The molecule has 1 aromatic rings. The van der Waals surface area contributed by atoms with E-state index in [0.717, 1.165) is 31.7 Å². The molecule has 0 aliphatic carbocycles. The Kier molecular flexibility index (Phi) is 3.56. The summed E-state index contributed by atoms with van der Waals surface area (Å²) in [5.41, 5.74) is -0.353. The molecule has 2 fully saturated rings. The number of aryl methyl sites for hydroxylation is 1. The van der Waals surface area contributed by atoms with E-state index in [4.69, 9.17) is 0 Å². The van der Waals surface area contributed by atoms with E-state index in [-0.39, 0.29) is 22.8 Å². The maximum atomic E-state index is 12.9. The second kappa shape index (κ2) is 5.13. The zero-order valence-electron chi connectivity index (χ0n) is 11.8. The molecule has 2 aliphatic rings. The van der Waals surface area contributed by atoms with Crippen molar-refractivity contribution in [3.63, 3.8) is 0 Å². The molecule has 2 aliphatic heterocycles. The van der Waals surface area contributed by atoms with Gasteiger partial charge in [-0.25, -0.2) is 0 Å². The maximum Gasteiger partial charge on any atom is 0.416 e. The Labute approximate surface area is 121 Å². The predicted octanol–water partition coefficient (Wildman–Crippen LogP) is 3.73. The van der Waals surface area contributed by atoms with Gasteiger partial charge in [-0.05, 0) is 44.2 Å². The molecule has 21 heavy (non-hydrogen) atoms. The van der Waals surface area contributed by atoms with Crippen molar-refractivity contribution in [1.82, 2.24) is 5.32 Å². The van der Waals surface area contributed by atoms with E-state index in [0.29, 0.717) is 12.1 Å². The maximum absolute atomic E-state index is 12.9. The van der Waals surface area contributed by atoms with Crippen LogP contribution in [-0.2, 0) is 6.18 Å². The van der Waals surface area contributed by atoms with Crippen LogP contribution in [0.2, 0.25) is 0 Å². The number of hydrogen-bond acceptors (Lipinski definition) is 2. The number of Topliss-reactive ketones (excluding diaryl/α,β-unsaturated/α-hetero) is 1. The van der Waals surface area contributed by atoms with Crippen molar-refractivity contribution in [2.45, 2.75) is 50.9 Å². The number of rotatable bonds is 2. The van der Waals surface area contributed by atoms with Crippen LogP contribution in [0.4, 0.5) is 13.2 Å². The minimum Gasteiger partial charge on any atom is -0.311 e. The lowest BCUT2D eigenvalue weighted by Crippen LogP contribution is -2.40. The largest absolute Gasteiger partial charge is 0.416 e. The molecule has 0 aromatic heterocycles. The summed E-state index contributed by atoms with van der Waals surface area (Å²) in [5, 5.41) is 3.44. The molecule has 2 heterocycles. The highest BCUT2D eigenvalue weighted by Crippen LogP contribution is 2.35. The highest BCUT2D eigenvalue weighted by Gasteiger charge is 2.38. The molecule has 2 nitrogen and oxygen atoms in total. The quantitative estimate of drug-likeness (QED) is 0.843. The van der Waals surface area contributed by atoms with E-state index >= 15 is 0 Å². The Morgan fingerprint density at radius 1 is 1.19 bits per heavy atom. The fourth-order valence-corrected chi connectivity index (χ4v) is 3.59. The van der Waals surface area contributed by atoms with Crippen molar-refractivity contribution in [2.24, 2.45) is 5.92 Å². The average molecular weight is 297 g/mol. The van der Waals surface area contributed by atoms with E-state index in [1.165, 1.54) is 19.1 Å². The van der Waals surface area contributed by atoms with Crippen molar-refractivity contribution < 1.29 is 18.0 Å². The summed E-state index contributed by atoms with van der Waals surface area (Å²) in [6, 6.07) is 4.64. The van der Waals surface area contributed by atoms with Crippen LogP contribution in [0.15, 0.2) is 18.2 Å². The van der Waals surface area contributed by atoms with Gasteiger partial charge in [-0.1, -0.05) is 12.1 Å². The number of ketones is 1. The number of piperidine rings is 1. The normalized spacial score (nSPS) is 28.7. The lowest BCUT2D eigenvalue weighted by molar-refractivity contribution is -0.138. The highest BCUT2D eigenvalue weighted by atomic mass is 19.4. The van der Waals surface area contributed by atoms with Gasteiger partial charge in [0.1, 0.15) is 0 Å². The van der Waals surface area contributed by atoms with Gasteiger partial charge in [-0.3, -0.25) is 4.79 Å². The summed E-state index contributed by atoms with van der Waals surface area (Å²) in [5.74, 6) is -0.286. The summed E-state index contributed by atoms with van der Waals surface area (Å²) in [6.45, 7) is 1.42. The summed E-state index contributed by atoms with van der Waals surface area (Å²) in [4.78, 5) is 12.5. The summed E-state index contributed by atoms with van der Waals surface area (Å²) in [6.07, 6.45) is -0.797. The number of hydrogen-bond donors (Lipinski definition) is 1. The van der Waals surface area contributed by atoms with Gasteiger partial charge in [-0.15, -0.1) is 0 Å². The van der Waals surface area contributed by atoms with Gasteiger partial charge < -0.3 is 5.32 Å². The first-order chi connectivity index (χ1) is 9.84. The molecule has 114 valence electrons. The van der Waals surface area contributed by atoms with Crippen LogP contribution in [0.1, 0.15) is 47.2 Å². The molecule has 1 aromatic carbocycles. The van der Waals surface area contributed by atoms with Crippen LogP contribution in [0.3, 0.4) is 0 Å². The molecular formula is C16H18F3NO. The number of alkyl halides is 3. The Morgan fingerprint density at radius 2 is 1.81 bits per heavy atom. The Balaban J connectivity index is 1.85. The second-order valence-corrected chi connectivity index (χ2v) is 6.20. The van der Waals surface area contributed by atoms with Crippen molar-refractivity contribution >= 4 is 5.78 Å². The zero-order valence-corrected chi connectivity index (χ0v) is 11.8. The third kappa shape index (κ3) is 2.84. The number of carbonyl (C=O) groups is 1. The number of nitrogens with one attached hydrogen (secondary N) is 1. The molecule has 5 heteroatoms. The Hall–Kier alpha value is -1.36. The molecule has 2 atom stereocenters. The third-order valence-electron chi connectivity index (χ3n) is 4.67.